The van der Waals surface area contributed by atoms with Crippen LogP contribution in [-0.2, 0) is 10.0 Å². The van der Waals surface area contributed by atoms with Crippen molar-refractivity contribution in [3.8, 4) is 0 Å². The number of guanidine groups is 1. The fourth-order valence-electron chi connectivity index (χ4n) is 2.73. The molecule has 0 unspecified atom stereocenters. The molecule has 2 N–H and O–H groups in total. The van der Waals surface area contributed by atoms with Gasteiger partial charge in [-0.3, -0.25) is 4.99 Å². The summed E-state index contributed by atoms with van der Waals surface area (Å²) in [5, 5.41) is 6.35. The number of hydrogen-bond donors (Lipinski definition) is 2. The predicted octanol–water partition coefficient (Wildman–Crippen LogP) is 1.59. The number of halogens is 3. The number of nitrogens with one attached hydrogen (secondary N) is 2. The second-order valence-corrected chi connectivity index (χ2v) is 8.98. The number of hydrogen-bond acceptors (Lipinski definition) is 4. The molecule has 0 saturated carbocycles. The zero-order valence-corrected chi connectivity index (χ0v) is 17.3. The summed E-state index contributed by atoms with van der Waals surface area (Å²) in [6, 6.07) is 0.405. The SMILES string of the molecule is CN=C(NCCCCN(C)C(C)C)NC1CCN(S(=O)(=O)C(F)(F)F)CC1. The molecule has 0 amide bonds. The Balaban J connectivity index is 2.33. The number of rotatable bonds is 8. The van der Waals surface area contributed by atoms with Crippen LogP contribution in [0.1, 0.15) is 39.5 Å². The third kappa shape index (κ3) is 7.46. The monoisotopic (exact) mass is 415 g/mol. The summed E-state index contributed by atoms with van der Waals surface area (Å²) in [5.74, 6) is 0.587. The average molecular weight is 416 g/mol. The minimum atomic E-state index is -5.24. The standard InChI is InChI=1S/C16H32F3N5O2S/c1-13(2)23(4)10-6-5-9-21-15(20-3)22-14-7-11-24(12-8-14)27(25,26)16(17,18)19/h13-14H,5-12H2,1-4H3,(H2,20,21,22). The van der Waals surface area contributed by atoms with E-state index in [9.17, 15) is 21.6 Å². The van der Waals surface area contributed by atoms with E-state index in [-0.39, 0.29) is 19.1 Å². The third-order valence-electron chi connectivity index (χ3n) is 4.76. The number of sulfonamides is 1. The topological polar surface area (TPSA) is 77.0 Å². The van der Waals surface area contributed by atoms with Gasteiger partial charge in [-0.15, -0.1) is 0 Å². The maximum Gasteiger partial charge on any atom is 0.511 e. The molecule has 0 spiro atoms. The first-order valence-electron chi connectivity index (χ1n) is 9.23. The molecule has 1 rings (SSSR count). The van der Waals surface area contributed by atoms with E-state index in [0.717, 1.165) is 25.9 Å². The second kappa shape index (κ2) is 10.5. The van der Waals surface area contributed by atoms with Gasteiger partial charge in [0.25, 0.3) is 0 Å². The van der Waals surface area contributed by atoms with Crippen LogP contribution in [0.5, 0.6) is 0 Å². The van der Waals surface area contributed by atoms with Crippen LogP contribution in [-0.4, -0.2) is 81.4 Å². The Labute approximate surface area is 160 Å². The van der Waals surface area contributed by atoms with E-state index in [0.29, 0.717) is 29.1 Å². The Hall–Kier alpha value is -1.07. The van der Waals surface area contributed by atoms with Crippen molar-refractivity contribution in [3.63, 3.8) is 0 Å². The van der Waals surface area contributed by atoms with Crippen LogP contribution in [0.15, 0.2) is 4.99 Å². The van der Waals surface area contributed by atoms with E-state index in [4.69, 9.17) is 0 Å². The first-order chi connectivity index (χ1) is 12.5. The predicted molar refractivity (Wildman–Crippen MR) is 101 cm³/mol. The highest BCUT2D eigenvalue weighted by atomic mass is 32.2. The molecule has 1 saturated heterocycles. The Kier molecular flexibility index (Phi) is 9.29. The minimum absolute atomic E-state index is 0.108. The van der Waals surface area contributed by atoms with E-state index >= 15 is 0 Å². The van der Waals surface area contributed by atoms with Gasteiger partial charge in [0.05, 0.1) is 0 Å². The lowest BCUT2D eigenvalue weighted by atomic mass is 10.1. The van der Waals surface area contributed by atoms with Crippen molar-refractivity contribution in [3.05, 3.63) is 0 Å². The molecule has 0 aromatic heterocycles. The Morgan fingerprint density at radius 3 is 2.33 bits per heavy atom. The molecule has 0 aliphatic carbocycles. The molecule has 160 valence electrons. The van der Waals surface area contributed by atoms with Crippen LogP contribution in [0.3, 0.4) is 0 Å². The van der Waals surface area contributed by atoms with E-state index in [2.05, 4.69) is 41.4 Å². The summed E-state index contributed by atoms with van der Waals surface area (Å²) in [6.07, 6.45) is 2.62. The van der Waals surface area contributed by atoms with E-state index in [1.165, 1.54) is 0 Å². The molecular formula is C16H32F3N5O2S. The fraction of sp³-hybridized carbons (Fsp3) is 0.938. The molecule has 0 aromatic carbocycles. The first kappa shape index (κ1) is 24.0. The molecule has 27 heavy (non-hydrogen) atoms. The maximum absolute atomic E-state index is 12.6. The lowest BCUT2D eigenvalue weighted by Gasteiger charge is -2.32. The molecule has 0 bridgehead atoms. The van der Waals surface area contributed by atoms with Gasteiger partial charge in [0.1, 0.15) is 0 Å². The Morgan fingerprint density at radius 2 is 1.85 bits per heavy atom. The van der Waals surface area contributed by atoms with Crippen molar-refractivity contribution >= 4 is 16.0 Å². The number of unbranched alkanes of at least 4 members (excludes halogenated alkanes) is 1. The molecule has 1 fully saturated rings. The summed E-state index contributed by atoms with van der Waals surface area (Å²) >= 11 is 0. The quantitative estimate of drug-likeness (QED) is 0.358. The third-order valence-corrected chi connectivity index (χ3v) is 6.39. The van der Waals surface area contributed by atoms with E-state index in [1.807, 2.05) is 0 Å². The van der Waals surface area contributed by atoms with E-state index in [1.54, 1.807) is 7.05 Å². The summed E-state index contributed by atoms with van der Waals surface area (Å²) in [7, 11) is -1.52. The Bertz CT molecular complexity index is 573. The highest BCUT2D eigenvalue weighted by Gasteiger charge is 2.50. The molecule has 0 radical (unpaired) electrons. The molecular weight excluding hydrogens is 383 g/mol. The largest absolute Gasteiger partial charge is 0.511 e. The number of piperidine rings is 1. The first-order valence-corrected chi connectivity index (χ1v) is 10.7. The molecule has 1 aliphatic heterocycles. The van der Waals surface area contributed by atoms with Gasteiger partial charge in [0.2, 0.25) is 0 Å². The van der Waals surface area contributed by atoms with Gasteiger partial charge in [0.15, 0.2) is 5.96 Å². The number of nitrogens with zero attached hydrogens (tertiary/aromatic N) is 3. The minimum Gasteiger partial charge on any atom is -0.356 e. The van der Waals surface area contributed by atoms with Crippen LogP contribution in [0.25, 0.3) is 0 Å². The fourth-order valence-corrected chi connectivity index (χ4v) is 3.71. The van der Waals surface area contributed by atoms with Crippen molar-refractivity contribution in [2.75, 3.05) is 40.3 Å². The van der Waals surface area contributed by atoms with Gasteiger partial charge in [-0.2, -0.15) is 17.5 Å². The smallest absolute Gasteiger partial charge is 0.356 e. The van der Waals surface area contributed by atoms with Gasteiger partial charge in [-0.1, -0.05) is 0 Å². The lowest BCUT2D eigenvalue weighted by Crippen LogP contribution is -2.51. The van der Waals surface area contributed by atoms with Crippen molar-refractivity contribution in [1.29, 1.82) is 0 Å². The van der Waals surface area contributed by atoms with Crippen LogP contribution in [0.2, 0.25) is 0 Å². The van der Waals surface area contributed by atoms with Crippen LogP contribution in [0, 0.1) is 0 Å². The Morgan fingerprint density at radius 1 is 1.26 bits per heavy atom. The van der Waals surface area contributed by atoms with Gasteiger partial charge in [-0.05, 0) is 53.1 Å². The maximum atomic E-state index is 12.6. The number of alkyl halides is 3. The van der Waals surface area contributed by atoms with Crippen molar-refractivity contribution in [2.45, 2.75) is 57.1 Å². The second-order valence-electron chi connectivity index (χ2n) is 7.05. The molecule has 11 heteroatoms. The van der Waals surface area contributed by atoms with Gasteiger partial charge in [0, 0.05) is 38.8 Å². The summed E-state index contributed by atoms with van der Waals surface area (Å²) in [4.78, 5) is 6.40. The van der Waals surface area contributed by atoms with Gasteiger partial charge >= 0.3 is 15.5 Å². The van der Waals surface area contributed by atoms with E-state index < -0.39 is 15.5 Å². The number of aliphatic imine (C=N–C) groups is 1. The molecule has 0 aromatic rings. The van der Waals surface area contributed by atoms with Crippen molar-refractivity contribution in [1.82, 2.24) is 19.8 Å². The van der Waals surface area contributed by atoms with Gasteiger partial charge < -0.3 is 15.5 Å². The highest BCUT2D eigenvalue weighted by Crippen LogP contribution is 2.28. The normalized spacial score (nSPS) is 18.3. The van der Waals surface area contributed by atoms with Crippen molar-refractivity contribution < 1.29 is 21.6 Å². The van der Waals surface area contributed by atoms with Crippen LogP contribution >= 0.6 is 0 Å². The van der Waals surface area contributed by atoms with Crippen LogP contribution in [0.4, 0.5) is 13.2 Å². The zero-order valence-electron chi connectivity index (χ0n) is 16.5. The molecule has 1 heterocycles. The zero-order chi connectivity index (χ0) is 20.7. The summed E-state index contributed by atoms with van der Waals surface area (Å²) in [5.41, 5.74) is -5.24. The van der Waals surface area contributed by atoms with Crippen molar-refractivity contribution in [2.24, 2.45) is 4.99 Å². The molecule has 0 atom stereocenters. The summed E-state index contributed by atoms with van der Waals surface area (Å²) in [6.45, 7) is 5.74. The average Bonchev–Trinajstić information content (AvgIpc) is 2.59. The molecule has 1 aliphatic rings. The summed E-state index contributed by atoms with van der Waals surface area (Å²) < 4.78 is 61.2. The van der Waals surface area contributed by atoms with Crippen LogP contribution < -0.4 is 10.6 Å². The molecule has 7 nitrogen and oxygen atoms in total. The van der Waals surface area contributed by atoms with Gasteiger partial charge in [-0.25, -0.2) is 8.42 Å². The lowest BCUT2D eigenvalue weighted by molar-refractivity contribution is -0.0494. The highest BCUT2D eigenvalue weighted by molar-refractivity contribution is 7.90.